The highest BCUT2D eigenvalue weighted by molar-refractivity contribution is 6.30. The van der Waals surface area contributed by atoms with Gasteiger partial charge in [0.1, 0.15) is 6.61 Å². The molecule has 0 fully saturated rings. The smallest absolute Gasteiger partial charge is 0.200 e. The van der Waals surface area contributed by atoms with Crippen molar-refractivity contribution in [2.24, 2.45) is 0 Å². The SMILES string of the molecule is Nc1ccc(Cl)cc1COc1cccc(F)c1F. The molecule has 0 unspecified atom stereocenters. The first-order valence-electron chi connectivity index (χ1n) is 5.18. The van der Waals surface area contributed by atoms with Gasteiger partial charge in [0.25, 0.3) is 0 Å². The van der Waals surface area contributed by atoms with Gasteiger partial charge < -0.3 is 10.5 Å². The van der Waals surface area contributed by atoms with Crippen LogP contribution in [0.2, 0.25) is 5.02 Å². The molecule has 0 amide bonds. The van der Waals surface area contributed by atoms with E-state index in [-0.39, 0.29) is 12.4 Å². The van der Waals surface area contributed by atoms with Crippen LogP contribution in [0.25, 0.3) is 0 Å². The van der Waals surface area contributed by atoms with Crippen molar-refractivity contribution >= 4 is 17.3 Å². The maximum Gasteiger partial charge on any atom is 0.200 e. The number of anilines is 1. The molecule has 0 aliphatic heterocycles. The summed E-state index contributed by atoms with van der Waals surface area (Å²) in [6, 6.07) is 8.63. The second-order valence-electron chi connectivity index (χ2n) is 3.68. The molecule has 0 spiro atoms. The van der Waals surface area contributed by atoms with E-state index in [1.54, 1.807) is 18.2 Å². The number of benzene rings is 2. The molecule has 0 radical (unpaired) electrons. The number of hydrogen-bond donors (Lipinski definition) is 1. The van der Waals surface area contributed by atoms with Crippen LogP contribution in [0.5, 0.6) is 5.75 Å². The summed E-state index contributed by atoms with van der Waals surface area (Å²) in [6.45, 7) is 0.0206. The third-order valence-electron chi connectivity index (χ3n) is 2.40. The van der Waals surface area contributed by atoms with Crippen molar-refractivity contribution in [3.05, 3.63) is 58.6 Å². The Morgan fingerprint density at radius 1 is 1.17 bits per heavy atom. The van der Waals surface area contributed by atoms with Crippen molar-refractivity contribution in [1.29, 1.82) is 0 Å². The van der Waals surface area contributed by atoms with Crippen LogP contribution in [0.4, 0.5) is 14.5 Å². The average molecular weight is 270 g/mol. The van der Waals surface area contributed by atoms with E-state index >= 15 is 0 Å². The highest BCUT2D eigenvalue weighted by Gasteiger charge is 2.09. The zero-order valence-electron chi connectivity index (χ0n) is 9.29. The van der Waals surface area contributed by atoms with Gasteiger partial charge in [0.05, 0.1) is 0 Å². The van der Waals surface area contributed by atoms with Crippen LogP contribution in [0.15, 0.2) is 36.4 Å². The van der Waals surface area contributed by atoms with Gasteiger partial charge in [0, 0.05) is 16.3 Å². The van der Waals surface area contributed by atoms with Crippen molar-refractivity contribution in [2.75, 3.05) is 5.73 Å². The molecule has 2 nitrogen and oxygen atoms in total. The molecule has 5 heteroatoms. The highest BCUT2D eigenvalue weighted by Crippen LogP contribution is 2.23. The Morgan fingerprint density at radius 3 is 2.72 bits per heavy atom. The highest BCUT2D eigenvalue weighted by atomic mass is 35.5. The van der Waals surface area contributed by atoms with Crippen molar-refractivity contribution in [3.8, 4) is 5.75 Å². The fraction of sp³-hybridized carbons (Fsp3) is 0.0769. The van der Waals surface area contributed by atoms with Crippen molar-refractivity contribution in [3.63, 3.8) is 0 Å². The minimum Gasteiger partial charge on any atom is -0.486 e. The topological polar surface area (TPSA) is 35.2 Å². The minimum absolute atomic E-state index is 0.0206. The van der Waals surface area contributed by atoms with Crippen LogP contribution in [0.1, 0.15) is 5.56 Å². The van der Waals surface area contributed by atoms with E-state index in [2.05, 4.69) is 0 Å². The maximum absolute atomic E-state index is 13.3. The van der Waals surface area contributed by atoms with E-state index in [1.807, 2.05) is 0 Å². The Hall–Kier alpha value is -1.81. The number of nitrogen functional groups attached to an aromatic ring is 1. The largest absolute Gasteiger partial charge is 0.486 e. The zero-order valence-corrected chi connectivity index (χ0v) is 10.0. The molecule has 94 valence electrons. The van der Waals surface area contributed by atoms with Gasteiger partial charge in [-0.1, -0.05) is 17.7 Å². The third-order valence-corrected chi connectivity index (χ3v) is 2.64. The lowest BCUT2D eigenvalue weighted by Crippen LogP contribution is -2.02. The Bertz CT molecular complexity index is 573. The molecule has 0 atom stereocenters. The molecule has 0 aliphatic rings. The lowest BCUT2D eigenvalue weighted by atomic mass is 10.2. The van der Waals surface area contributed by atoms with E-state index in [1.165, 1.54) is 12.1 Å². The van der Waals surface area contributed by atoms with Crippen molar-refractivity contribution < 1.29 is 13.5 Å². The lowest BCUT2D eigenvalue weighted by molar-refractivity contribution is 0.285. The molecule has 2 aromatic carbocycles. The van der Waals surface area contributed by atoms with Crippen LogP contribution >= 0.6 is 11.6 Å². The molecule has 2 rings (SSSR count). The number of ether oxygens (including phenoxy) is 1. The fourth-order valence-electron chi connectivity index (χ4n) is 1.45. The predicted molar refractivity (Wildman–Crippen MR) is 66.6 cm³/mol. The first kappa shape index (κ1) is 12.6. The standard InChI is InChI=1S/C13H10ClF2NO/c14-9-4-5-11(17)8(6-9)7-18-12-3-1-2-10(15)13(12)16/h1-6H,7,17H2. The zero-order chi connectivity index (χ0) is 13.1. The summed E-state index contributed by atoms with van der Waals surface area (Å²) in [5, 5.41) is 0.502. The van der Waals surface area contributed by atoms with Crippen LogP contribution in [-0.2, 0) is 6.61 Å². The molecule has 2 aromatic rings. The van der Waals surface area contributed by atoms with E-state index < -0.39 is 11.6 Å². The summed E-state index contributed by atoms with van der Waals surface area (Å²) < 4.78 is 31.5. The second kappa shape index (κ2) is 5.23. The van der Waals surface area contributed by atoms with Crippen molar-refractivity contribution in [2.45, 2.75) is 6.61 Å². The fourth-order valence-corrected chi connectivity index (χ4v) is 1.65. The maximum atomic E-state index is 13.3. The van der Waals surface area contributed by atoms with Gasteiger partial charge in [-0.05, 0) is 30.3 Å². The van der Waals surface area contributed by atoms with Crippen LogP contribution in [-0.4, -0.2) is 0 Å². The number of nitrogens with two attached hydrogens (primary N) is 1. The van der Waals surface area contributed by atoms with Crippen molar-refractivity contribution in [1.82, 2.24) is 0 Å². The second-order valence-corrected chi connectivity index (χ2v) is 4.12. The predicted octanol–water partition coefficient (Wildman–Crippen LogP) is 3.78. The van der Waals surface area contributed by atoms with E-state index in [0.717, 1.165) is 6.07 Å². The van der Waals surface area contributed by atoms with Gasteiger partial charge >= 0.3 is 0 Å². The van der Waals surface area contributed by atoms with Gasteiger partial charge in [0.15, 0.2) is 11.6 Å². The molecule has 2 N–H and O–H groups in total. The number of rotatable bonds is 3. The van der Waals surface area contributed by atoms with Crippen LogP contribution in [0.3, 0.4) is 0 Å². The van der Waals surface area contributed by atoms with Gasteiger partial charge in [-0.3, -0.25) is 0 Å². The Morgan fingerprint density at radius 2 is 1.94 bits per heavy atom. The summed E-state index contributed by atoms with van der Waals surface area (Å²) in [6.07, 6.45) is 0. The molecule has 0 aliphatic carbocycles. The molecule has 0 bridgehead atoms. The first-order valence-corrected chi connectivity index (χ1v) is 5.56. The van der Waals surface area contributed by atoms with E-state index in [4.69, 9.17) is 22.1 Å². The average Bonchev–Trinajstić information content (AvgIpc) is 2.35. The van der Waals surface area contributed by atoms with Gasteiger partial charge in [0.2, 0.25) is 5.82 Å². The molecular formula is C13H10ClF2NO. The number of hydrogen-bond acceptors (Lipinski definition) is 2. The van der Waals surface area contributed by atoms with Crippen LogP contribution in [0, 0.1) is 11.6 Å². The van der Waals surface area contributed by atoms with Gasteiger partial charge in [-0.15, -0.1) is 0 Å². The summed E-state index contributed by atoms with van der Waals surface area (Å²) in [5.41, 5.74) is 6.81. The molecule has 0 saturated carbocycles. The molecule has 0 heterocycles. The molecule has 18 heavy (non-hydrogen) atoms. The number of halogens is 3. The molecule has 0 aromatic heterocycles. The Balaban J connectivity index is 2.16. The molecule has 0 saturated heterocycles. The summed E-state index contributed by atoms with van der Waals surface area (Å²) in [7, 11) is 0. The monoisotopic (exact) mass is 269 g/mol. The third kappa shape index (κ3) is 2.71. The van der Waals surface area contributed by atoms with Crippen LogP contribution < -0.4 is 10.5 Å². The first-order chi connectivity index (χ1) is 8.58. The Labute approximate surface area is 108 Å². The van der Waals surface area contributed by atoms with E-state index in [0.29, 0.717) is 16.3 Å². The normalized spacial score (nSPS) is 10.4. The van der Waals surface area contributed by atoms with Gasteiger partial charge in [-0.2, -0.15) is 4.39 Å². The summed E-state index contributed by atoms with van der Waals surface area (Å²) >= 11 is 5.81. The minimum atomic E-state index is -1.02. The Kier molecular flexibility index (Phi) is 3.67. The quantitative estimate of drug-likeness (QED) is 0.861. The van der Waals surface area contributed by atoms with E-state index in [9.17, 15) is 8.78 Å². The lowest BCUT2D eigenvalue weighted by Gasteiger charge is -2.09. The van der Waals surface area contributed by atoms with Gasteiger partial charge in [-0.25, -0.2) is 4.39 Å². The summed E-state index contributed by atoms with van der Waals surface area (Å²) in [4.78, 5) is 0. The summed E-state index contributed by atoms with van der Waals surface area (Å²) in [5.74, 6) is -2.13. The molecular weight excluding hydrogens is 260 g/mol.